The van der Waals surface area contributed by atoms with Gasteiger partial charge in [-0.15, -0.1) is 0 Å². The first kappa shape index (κ1) is 15.7. The van der Waals surface area contributed by atoms with E-state index in [1.165, 1.54) is 18.4 Å². The van der Waals surface area contributed by atoms with Crippen LogP contribution in [0.5, 0.6) is 11.5 Å². The molecule has 3 fully saturated rings. The quantitative estimate of drug-likeness (QED) is 0.767. The van der Waals surface area contributed by atoms with E-state index in [0.29, 0.717) is 5.75 Å². The predicted octanol–water partition coefficient (Wildman–Crippen LogP) is 1.54. The number of phenols is 1. The molecule has 5 heteroatoms. The van der Waals surface area contributed by atoms with Crippen LogP contribution in [0.2, 0.25) is 0 Å². The molecular weight excluding hydrogens is 328 g/mol. The molecule has 6 rings (SSSR count). The number of hydrogen-bond donors (Lipinski definition) is 3. The molecule has 1 aromatic rings. The SMILES string of the molecule is CNC1CC[C@]2(O)[C@@H]3Cc4ccc(O)c5c4[C@]2(CCN3CC2CC2)[C@@H]1O5. The molecule has 3 N–H and O–H groups in total. The van der Waals surface area contributed by atoms with Gasteiger partial charge in [0.15, 0.2) is 11.5 Å². The van der Waals surface area contributed by atoms with Gasteiger partial charge in [0.2, 0.25) is 0 Å². The van der Waals surface area contributed by atoms with E-state index in [9.17, 15) is 10.2 Å². The number of nitrogens with zero attached hydrogens (tertiary/aromatic N) is 1. The van der Waals surface area contributed by atoms with Crippen LogP contribution in [0, 0.1) is 5.92 Å². The summed E-state index contributed by atoms with van der Waals surface area (Å²) in [6, 6.07) is 4.23. The van der Waals surface area contributed by atoms with Crippen LogP contribution in [0.1, 0.15) is 43.2 Å². The zero-order valence-electron chi connectivity index (χ0n) is 15.4. The molecule has 5 aliphatic rings. The first-order valence-corrected chi connectivity index (χ1v) is 10.2. The molecule has 1 saturated heterocycles. The highest BCUT2D eigenvalue weighted by atomic mass is 16.5. The fourth-order valence-corrected chi connectivity index (χ4v) is 6.78. The summed E-state index contributed by atoms with van der Waals surface area (Å²) in [5.41, 5.74) is 1.25. The largest absolute Gasteiger partial charge is 0.504 e. The molecule has 2 aliphatic heterocycles. The summed E-state index contributed by atoms with van der Waals surface area (Å²) in [6.45, 7) is 2.15. The lowest BCUT2D eigenvalue weighted by molar-refractivity contribution is -0.191. The maximum Gasteiger partial charge on any atom is 0.165 e. The topological polar surface area (TPSA) is 65.0 Å². The van der Waals surface area contributed by atoms with Crippen molar-refractivity contribution in [1.82, 2.24) is 10.2 Å². The van der Waals surface area contributed by atoms with Gasteiger partial charge in [-0.2, -0.15) is 0 Å². The Morgan fingerprint density at radius 2 is 2.12 bits per heavy atom. The van der Waals surface area contributed by atoms with E-state index < -0.39 is 5.60 Å². The Bertz CT molecular complexity index is 779. The van der Waals surface area contributed by atoms with Crippen LogP contribution in [0.25, 0.3) is 0 Å². The number of likely N-dealkylation sites (N-methyl/N-ethyl adjacent to an activating group) is 1. The van der Waals surface area contributed by atoms with E-state index in [-0.39, 0.29) is 29.4 Å². The normalized spacial score (nSPS) is 43.1. The van der Waals surface area contributed by atoms with E-state index in [0.717, 1.165) is 50.3 Å². The third kappa shape index (κ3) is 1.68. The number of benzene rings is 1. The van der Waals surface area contributed by atoms with Crippen LogP contribution in [-0.2, 0) is 11.8 Å². The van der Waals surface area contributed by atoms with E-state index >= 15 is 0 Å². The lowest BCUT2D eigenvalue weighted by atomic mass is 9.48. The monoisotopic (exact) mass is 356 g/mol. The number of likely N-dealkylation sites (tertiary alicyclic amines) is 1. The summed E-state index contributed by atoms with van der Waals surface area (Å²) in [5.74, 6) is 1.69. The molecule has 5 nitrogen and oxygen atoms in total. The van der Waals surface area contributed by atoms with Gasteiger partial charge < -0.3 is 20.3 Å². The Kier molecular flexibility index (Phi) is 2.99. The Balaban J connectivity index is 1.55. The zero-order chi connectivity index (χ0) is 17.7. The number of phenolic OH excluding ortho intramolecular Hbond substituents is 1. The average Bonchev–Trinajstić information content (AvgIpc) is 3.37. The van der Waals surface area contributed by atoms with Gasteiger partial charge in [-0.05, 0) is 69.7 Å². The lowest BCUT2D eigenvalue weighted by Gasteiger charge is -2.64. The van der Waals surface area contributed by atoms with E-state index in [4.69, 9.17) is 4.74 Å². The van der Waals surface area contributed by atoms with Gasteiger partial charge in [-0.1, -0.05) is 6.07 Å². The second kappa shape index (κ2) is 4.94. The Morgan fingerprint density at radius 1 is 1.27 bits per heavy atom. The van der Waals surface area contributed by atoms with Crippen molar-refractivity contribution < 1.29 is 14.9 Å². The molecule has 2 heterocycles. The van der Waals surface area contributed by atoms with Gasteiger partial charge in [0.25, 0.3) is 0 Å². The van der Waals surface area contributed by atoms with E-state index in [2.05, 4.69) is 16.3 Å². The van der Waals surface area contributed by atoms with Crippen molar-refractivity contribution in [3.63, 3.8) is 0 Å². The van der Waals surface area contributed by atoms with Crippen LogP contribution < -0.4 is 10.1 Å². The molecule has 0 aromatic heterocycles. The zero-order valence-corrected chi connectivity index (χ0v) is 15.4. The molecule has 1 unspecified atom stereocenters. The van der Waals surface area contributed by atoms with Crippen LogP contribution in [0.4, 0.5) is 0 Å². The highest BCUT2D eigenvalue weighted by molar-refractivity contribution is 5.62. The molecule has 0 amide bonds. The minimum Gasteiger partial charge on any atom is -0.504 e. The summed E-state index contributed by atoms with van der Waals surface area (Å²) in [5, 5.41) is 26.1. The molecule has 1 aromatic carbocycles. The molecule has 1 spiro atoms. The summed E-state index contributed by atoms with van der Waals surface area (Å²) in [7, 11) is 1.99. The maximum atomic E-state index is 12.2. The second-order valence-corrected chi connectivity index (χ2v) is 9.22. The highest BCUT2D eigenvalue weighted by Crippen LogP contribution is 2.65. The number of nitrogens with one attached hydrogen (secondary N) is 1. The smallest absolute Gasteiger partial charge is 0.165 e. The van der Waals surface area contributed by atoms with Gasteiger partial charge in [-0.3, -0.25) is 4.90 Å². The fraction of sp³-hybridized carbons (Fsp3) is 0.714. The third-order valence-electron chi connectivity index (χ3n) is 8.13. The number of aliphatic hydroxyl groups is 1. The molecule has 5 atom stereocenters. The number of ether oxygens (including phenoxy) is 1. The van der Waals surface area contributed by atoms with Crippen molar-refractivity contribution in [3.05, 3.63) is 23.3 Å². The van der Waals surface area contributed by atoms with Gasteiger partial charge in [-0.25, -0.2) is 0 Å². The van der Waals surface area contributed by atoms with Crippen molar-refractivity contribution in [1.29, 1.82) is 0 Å². The molecule has 26 heavy (non-hydrogen) atoms. The van der Waals surface area contributed by atoms with Crippen molar-refractivity contribution >= 4 is 0 Å². The van der Waals surface area contributed by atoms with Crippen molar-refractivity contribution in [2.75, 3.05) is 20.1 Å². The first-order valence-electron chi connectivity index (χ1n) is 10.2. The molecule has 140 valence electrons. The van der Waals surface area contributed by atoms with Crippen molar-refractivity contribution in [2.45, 2.75) is 67.7 Å². The summed E-state index contributed by atoms with van der Waals surface area (Å²) in [4.78, 5) is 2.58. The maximum absolute atomic E-state index is 12.2. The predicted molar refractivity (Wildman–Crippen MR) is 97.6 cm³/mol. The summed E-state index contributed by atoms with van der Waals surface area (Å²) in [6.07, 6.45) is 6.09. The van der Waals surface area contributed by atoms with Crippen molar-refractivity contribution in [3.8, 4) is 11.5 Å². The highest BCUT2D eigenvalue weighted by Gasteiger charge is 2.72. The standard InChI is InChI=1S/C21H28N2O3/c1-22-14-6-7-21(25)16-10-13-4-5-15(24)18-17(13)20(21,19(14)26-18)8-9-23(16)11-12-2-3-12/h4-5,12,14,16,19,22,24-25H,2-3,6-11H2,1H3/t14?,16-,19+,20+,21-/m0/s1. The number of piperidine rings is 1. The molecule has 0 radical (unpaired) electrons. The van der Waals surface area contributed by atoms with Gasteiger partial charge >= 0.3 is 0 Å². The number of aromatic hydroxyl groups is 1. The number of hydrogen-bond acceptors (Lipinski definition) is 5. The number of rotatable bonds is 3. The van der Waals surface area contributed by atoms with Crippen molar-refractivity contribution in [2.24, 2.45) is 5.92 Å². The first-order chi connectivity index (χ1) is 12.6. The van der Waals surface area contributed by atoms with Gasteiger partial charge in [0, 0.05) is 24.2 Å². The minimum absolute atomic E-state index is 0.0980. The Morgan fingerprint density at radius 3 is 2.88 bits per heavy atom. The fourth-order valence-electron chi connectivity index (χ4n) is 6.78. The Labute approximate surface area is 154 Å². The van der Waals surface area contributed by atoms with Gasteiger partial charge in [0.05, 0.1) is 11.0 Å². The second-order valence-electron chi connectivity index (χ2n) is 9.22. The van der Waals surface area contributed by atoms with Crippen LogP contribution in [0.15, 0.2) is 12.1 Å². The van der Waals surface area contributed by atoms with E-state index in [1.807, 2.05) is 7.05 Å². The molecule has 2 saturated carbocycles. The van der Waals surface area contributed by atoms with Gasteiger partial charge in [0.1, 0.15) is 6.10 Å². The Hall–Kier alpha value is -1.30. The van der Waals surface area contributed by atoms with Crippen LogP contribution in [-0.4, -0.2) is 59.0 Å². The van der Waals surface area contributed by atoms with Crippen LogP contribution >= 0.6 is 0 Å². The summed E-state index contributed by atoms with van der Waals surface area (Å²) < 4.78 is 6.42. The van der Waals surface area contributed by atoms with Crippen LogP contribution in [0.3, 0.4) is 0 Å². The molecule has 3 aliphatic carbocycles. The molecule has 2 bridgehead atoms. The van der Waals surface area contributed by atoms with E-state index in [1.54, 1.807) is 6.07 Å². The third-order valence-corrected chi connectivity index (χ3v) is 8.13. The summed E-state index contributed by atoms with van der Waals surface area (Å²) >= 11 is 0. The molecular formula is C21H28N2O3. The lowest BCUT2D eigenvalue weighted by Crippen LogP contribution is -2.78. The minimum atomic E-state index is -0.760. The average molecular weight is 356 g/mol.